The maximum absolute atomic E-state index is 13.3. The van der Waals surface area contributed by atoms with Crippen LogP contribution >= 0.6 is 0 Å². The summed E-state index contributed by atoms with van der Waals surface area (Å²) in [5.74, 6) is 1.03. The zero-order valence-electron chi connectivity index (χ0n) is 24.5. The molecule has 220 valence electrons. The van der Waals surface area contributed by atoms with Gasteiger partial charge in [-0.15, -0.1) is 0 Å². The van der Waals surface area contributed by atoms with E-state index in [0.717, 1.165) is 75.9 Å². The molecule has 5 rings (SSSR count). The molecule has 0 aliphatic carbocycles. The topological polar surface area (TPSA) is 82.2 Å². The summed E-state index contributed by atoms with van der Waals surface area (Å²) >= 11 is 0. The van der Waals surface area contributed by atoms with Crippen LogP contribution in [0.5, 0.6) is 5.75 Å². The summed E-state index contributed by atoms with van der Waals surface area (Å²) in [5, 5.41) is 3.04. The molecule has 3 heterocycles. The third-order valence-corrected chi connectivity index (χ3v) is 8.77. The van der Waals surface area contributed by atoms with Gasteiger partial charge in [-0.2, -0.15) is 0 Å². The number of para-hydroxylation sites is 1. The number of amides is 3. The number of anilines is 1. The number of carbonyl (C=O) groups excluding carboxylic acids is 3. The molecule has 0 bridgehead atoms. The van der Waals surface area contributed by atoms with Crippen LogP contribution in [-0.4, -0.2) is 72.0 Å². The number of hydrogen-bond acceptors (Lipinski definition) is 5. The number of piperidine rings is 2. The van der Waals surface area contributed by atoms with Crippen molar-refractivity contribution in [3.05, 3.63) is 59.7 Å². The molecule has 3 amide bonds. The first-order valence-electron chi connectivity index (χ1n) is 15.4. The van der Waals surface area contributed by atoms with Crippen LogP contribution in [0.1, 0.15) is 81.1 Å². The molecule has 2 fully saturated rings. The van der Waals surface area contributed by atoms with Gasteiger partial charge < -0.3 is 19.9 Å². The number of nitrogens with zero attached hydrogens (tertiary/aromatic N) is 3. The van der Waals surface area contributed by atoms with Crippen LogP contribution in [0.2, 0.25) is 0 Å². The summed E-state index contributed by atoms with van der Waals surface area (Å²) in [7, 11) is 0. The number of aryl methyl sites for hydroxylation is 1. The van der Waals surface area contributed by atoms with Gasteiger partial charge in [0.25, 0.3) is 5.91 Å². The Morgan fingerprint density at radius 1 is 0.951 bits per heavy atom. The molecule has 1 unspecified atom stereocenters. The Labute approximate surface area is 244 Å². The predicted octanol–water partition coefficient (Wildman–Crippen LogP) is 4.77. The summed E-state index contributed by atoms with van der Waals surface area (Å²) in [5.41, 5.74) is 2.94. The summed E-state index contributed by atoms with van der Waals surface area (Å²) in [6.45, 7) is 6.82. The summed E-state index contributed by atoms with van der Waals surface area (Å²) in [6.07, 6.45) is 7.88. The average Bonchev–Trinajstić information content (AvgIpc) is 2.99. The van der Waals surface area contributed by atoms with E-state index in [4.69, 9.17) is 4.74 Å². The van der Waals surface area contributed by atoms with Crippen molar-refractivity contribution in [3.8, 4) is 5.75 Å². The molecule has 0 aromatic heterocycles. The Balaban J connectivity index is 1.16. The van der Waals surface area contributed by atoms with Gasteiger partial charge in [0, 0.05) is 62.9 Å². The Bertz CT molecular complexity index is 1200. The first-order chi connectivity index (χ1) is 19.9. The van der Waals surface area contributed by atoms with Gasteiger partial charge in [-0.1, -0.05) is 31.5 Å². The van der Waals surface area contributed by atoms with E-state index >= 15 is 0 Å². The van der Waals surface area contributed by atoms with E-state index in [0.29, 0.717) is 25.1 Å². The molecule has 0 saturated carbocycles. The average molecular weight is 561 g/mol. The number of likely N-dealkylation sites (tertiary alicyclic amines) is 2. The fourth-order valence-electron chi connectivity index (χ4n) is 6.51. The quantitative estimate of drug-likeness (QED) is 0.478. The number of benzene rings is 2. The van der Waals surface area contributed by atoms with Gasteiger partial charge >= 0.3 is 0 Å². The number of unbranched alkanes of at least 4 members (excludes halogenated alkanes) is 1. The number of nitrogens with one attached hydrogen (secondary N) is 1. The first-order valence-corrected chi connectivity index (χ1v) is 15.4. The van der Waals surface area contributed by atoms with Crippen LogP contribution in [0.3, 0.4) is 0 Å². The zero-order chi connectivity index (χ0) is 28.8. The fraction of sp³-hybridized carbons (Fsp3) is 0.545. The van der Waals surface area contributed by atoms with Crippen LogP contribution in [-0.2, 0) is 16.0 Å². The number of rotatable bonds is 9. The third kappa shape index (κ3) is 7.10. The molecule has 8 nitrogen and oxygen atoms in total. The molecule has 41 heavy (non-hydrogen) atoms. The van der Waals surface area contributed by atoms with E-state index in [9.17, 15) is 14.4 Å². The van der Waals surface area contributed by atoms with Crippen molar-refractivity contribution >= 4 is 23.4 Å². The Hall–Kier alpha value is -3.39. The minimum atomic E-state index is -0.0172. The second-order valence-corrected chi connectivity index (χ2v) is 11.7. The van der Waals surface area contributed by atoms with Gasteiger partial charge in [-0.3, -0.25) is 19.3 Å². The van der Waals surface area contributed by atoms with Crippen LogP contribution in [0.4, 0.5) is 5.69 Å². The molecular formula is C33H44N4O4. The standard InChI is InChI=1S/C33H44N4O4/c1-3-4-9-32(35-20-16-27(17-21-35)34-24(2)38)41-29-13-10-26(11-14-29)33(40)36-22-18-28(19-23-36)37-30-8-6-5-7-25(30)12-15-31(37)39/h5-8,10-11,13-14,27-28,32H,3-4,9,12,15-23H2,1-2H3,(H,34,38). The van der Waals surface area contributed by atoms with Crippen LogP contribution in [0.25, 0.3) is 0 Å². The number of carbonyl (C=O) groups is 3. The van der Waals surface area contributed by atoms with E-state index < -0.39 is 0 Å². The molecule has 8 heteroatoms. The molecular weight excluding hydrogens is 516 g/mol. The van der Waals surface area contributed by atoms with Gasteiger partial charge in [-0.25, -0.2) is 0 Å². The highest BCUT2D eigenvalue weighted by atomic mass is 16.5. The maximum Gasteiger partial charge on any atom is 0.253 e. The molecule has 1 N–H and O–H groups in total. The Morgan fingerprint density at radius 2 is 1.66 bits per heavy atom. The highest BCUT2D eigenvalue weighted by molar-refractivity contribution is 5.97. The van der Waals surface area contributed by atoms with Crippen LogP contribution < -0.4 is 15.0 Å². The molecule has 0 spiro atoms. The number of hydrogen-bond donors (Lipinski definition) is 1. The Kier molecular flexibility index (Phi) is 9.60. The van der Waals surface area contributed by atoms with E-state index in [-0.39, 0.29) is 36.0 Å². The predicted molar refractivity (Wildman–Crippen MR) is 160 cm³/mol. The summed E-state index contributed by atoms with van der Waals surface area (Å²) in [4.78, 5) is 43.9. The van der Waals surface area contributed by atoms with Crippen molar-refractivity contribution in [2.75, 3.05) is 31.1 Å². The lowest BCUT2D eigenvalue weighted by molar-refractivity contribution is -0.120. The van der Waals surface area contributed by atoms with Crippen molar-refractivity contribution in [1.82, 2.24) is 15.1 Å². The minimum absolute atomic E-state index is 0.0172. The fourth-order valence-corrected chi connectivity index (χ4v) is 6.51. The zero-order valence-corrected chi connectivity index (χ0v) is 24.5. The van der Waals surface area contributed by atoms with Gasteiger partial charge in [-0.05, 0) is 80.8 Å². The lowest BCUT2D eigenvalue weighted by atomic mass is 9.95. The monoisotopic (exact) mass is 560 g/mol. The van der Waals surface area contributed by atoms with Crippen molar-refractivity contribution in [2.24, 2.45) is 0 Å². The highest BCUT2D eigenvalue weighted by Crippen LogP contribution is 2.32. The van der Waals surface area contributed by atoms with E-state index in [1.54, 1.807) is 6.92 Å². The molecule has 2 aromatic rings. The molecule has 3 aliphatic heterocycles. The lowest BCUT2D eigenvalue weighted by Crippen LogP contribution is -2.50. The second-order valence-electron chi connectivity index (χ2n) is 11.7. The summed E-state index contributed by atoms with van der Waals surface area (Å²) < 4.78 is 6.45. The van der Waals surface area contributed by atoms with Crippen molar-refractivity contribution < 1.29 is 19.1 Å². The smallest absolute Gasteiger partial charge is 0.253 e. The van der Waals surface area contributed by atoms with E-state index in [2.05, 4.69) is 23.2 Å². The number of fused-ring (bicyclic) bond motifs is 1. The highest BCUT2D eigenvalue weighted by Gasteiger charge is 2.34. The van der Waals surface area contributed by atoms with Gasteiger partial charge in [0.05, 0.1) is 0 Å². The SMILES string of the molecule is CCCCC(Oc1ccc(C(=O)N2CCC(N3C(=O)CCc4ccccc43)CC2)cc1)N1CCC(NC(C)=O)CC1. The van der Waals surface area contributed by atoms with Gasteiger partial charge in [0.15, 0.2) is 6.23 Å². The molecule has 1 atom stereocenters. The van der Waals surface area contributed by atoms with Crippen LogP contribution in [0, 0.1) is 0 Å². The second kappa shape index (κ2) is 13.5. The maximum atomic E-state index is 13.3. The molecule has 0 radical (unpaired) electrons. The Morgan fingerprint density at radius 3 is 2.34 bits per heavy atom. The lowest BCUT2D eigenvalue weighted by Gasteiger charge is -2.41. The van der Waals surface area contributed by atoms with Crippen LogP contribution in [0.15, 0.2) is 48.5 Å². The first kappa shape index (κ1) is 29.1. The van der Waals surface area contributed by atoms with E-state index in [1.165, 1.54) is 5.56 Å². The normalized spacial score (nSPS) is 19.5. The van der Waals surface area contributed by atoms with Crippen molar-refractivity contribution in [1.29, 1.82) is 0 Å². The largest absolute Gasteiger partial charge is 0.475 e. The molecule has 2 aromatic carbocycles. The minimum Gasteiger partial charge on any atom is -0.475 e. The third-order valence-electron chi connectivity index (χ3n) is 8.77. The van der Waals surface area contributed by atoms with E-state index in [1.807, 2.05) is 52.3 Å². The summed E-state index contributed by atoms with van der Waals surface area (Å²) in [6, 6.07) is 16.1. The molecule has 2 saturated heterocycles. The van der Waals surface area contributed by atoms with Gasteiger partial charge in [0.1, 0.15) is 5.75 Å². The van der Waals surface area contributed by atoms with Crippen molar-refractivity contribution in [3.63, 3.8) is 0 Å². The van der Waals surface area contributed by atoms with Crippen molar-refractivity contribution in [2.45, 2.75) is 89.9 Å². The molecule has 3 aliphatic rings. The number of ether oxygens (including phenoxy) is 1. The van der Waals surface area contributed by atoms with Gasteiger partial charge in [0.2, 0.25) is 11.8 Å².